The number of hydrogen-bond acceptors (Lipinski definition) is 7. The summed E-state index contributed by atoms with van der Waals surface area (Å²) < 4.78 is 0. The van der Waals surface area contributed by atoms with Crippen LogP contribution < -0.4 is 16.0 Å². The Morgan fingerprint density at radius 3 is 2.33 bits per heavy atom. The summed E-state index contributed by atoms with van der Waals surface area (Å²) >= 11 is 0. The maximum Gasteiger partial charge on any atom is 0.221 e. The first kappa shape index (κ1) is 20.3. The van der Waals surface area contributed by atoms with Crippen LogP contribution >= 0.6 is 0 Å². The van der Waals surface area contributed by atoms with Crippen molar-refractivity contribution in [3.05, 3.63) is 65.5 Å². The lowest BCUT2D eigenvalue weighted by molar-refractivity contribution is -0.114. The van der Waals surface area contributed by atoms with Gasteiger partial charge in [-0.05, 0) is 29.3 Å². The lowest BCUT2D eigenvalue weighted by Gasteiger charge is -2.16. The van der Waals surface area contributed by atoms with Gasteiger partial charge in [-0.3, -0.25) is 9.78 Å². The van der Waals surface area contributed by atoms with Crippen molar-refractivity contribution < 1.29 is 4.79 Å². The molecule has 8 nitrogen and oxygen atoms in total. The second-order valence-electron chi connectivity index (χ2n) is 6.38. The molecule has 0 unspecified atom stereocenters. The van der Waals surface area contributed by atoms with E-state index in [0.717, 1.165) is 5.56 Å². The minimum Gasteiger partial charge on any atom is -0.372 e. The van der Waals surface area contributed by atoms with Crippen LogP contribution in [-0.4, -0.2) is 22.9 Å². The molecule has 2 heterocycles. The first-order chi connectivity index (χ1) is 14.6. The largest absolute Gasteiger partial charge is 0.372 e. The highest BCUT2D eigenvalue weighted by Crippen LogP contribution is 2.35. The van der Waals surface area contributed by atoms with Crippen molar-refractivity contribution >= 4 is 23.2 Å². The molecule has 0 fully saturated rings. The monoisotopic (exact) mass is 397 g/mol. The number of aromatic nitrogens is 2. The Bertz CT molecular complexity index is 1140. The molecular formula is C22H19N7O. The van der Waals surface area contributed by atoms with E-state index in [9.17, 15) is 15.3 Å². The van der Waals surface area contributed by atoms with E-state index in [4.69, 9.17) is 0 Å². The van der Waals surface area contributed by atoms with Gasteiger partial charge in [0.15, 0.2) is 0 Å². The predicted octanol–water partition coefficient (Wildman–Crippen LogP) is 3.50. The van der Waals surface area contributed by atoms with Gasteiger partial charge in [0.1, 0.15) is 34.9 Å². The van der Waals surface area contributed by atoms with Gasteiger partial charge in [0.25, 0.3) is 0 Å². The number of nitrogens with zero attached hydrogens (tertiary/aromatic N) is 4. The van der Waals surface area contributed by atoms with Gasteiger partial charge in [0.2, 0.25) is 5.91 Å². The van der Waals surface area contributed by atoms with E-state index in [-0.39, 0.29) is 17.0 Å². The Morgan fingerprint density at radius 1 is 1.07 bits per heavy atom. The van der Waals surface area contributed by atoms with E-state index in [1.807, 2.05) is 12.1 Å². The van der Waals surface area contributed by atoms with Gasteiger partial charge >= 0.3 is 0 Å². The highest BCUT2D eigenvalue weighted by molar-refractivity contribution is 5.90. The minimum absolute atomic E-state index is 0.179. The first-order valence-electron chi connectivity index (χ1n) is 9.14. The zero-order chi connectivity index (χ0) is 21.5. The standard InChI is InChI=1S/C22H19N7O/c1-14(30)28-17-7-5-16(6-8-17)20-18(10-23)21(25-2)29-22(19(20)11-24)27-13-15-4-3-9-26-12-15/h3-9,12H,13H2,1-2H3,(H,28,30)(H2,25,27,29). The molecular weight excluding hydrogens is 378 g/mol. The summed E-state index contributed by atoms with van der Waals surface area (Å²) in [5.41, 5.74) is 3.23. The molecule has 0 aliphatic rings. The van der Waals surface area contributed by atoms with Crippen molar-refractivity contribution in [1.82, 2.24) is 9.97 Å². The van der Waals surface area contributed by atoms with E-state index < -0.39 is 0 Å². The maximum absolute atomic E-state index is 11.3. The van der Waals surface area contributed by atoms with Gasteiger partial charge in [-0.15, -0.1) is 0 Å². The second-order valence-corrected chi connectivity index (χ2v) is 6.38. The van der Waals surface area contributed by atoms with Gasteiger partial charge in [0.05, 0.1) is 0 Å². The molecule has 0 saturated heterocycles. The molecule has 2 aromatic heterocycles. The Balaban J connectivity index is 2.09. The lowest BCUT2D eigenvalue weighted by Crippen LogP contribution is -2.09. The van der Waals surface area contributed by atoms with Gasteiger partial charge in [-0.1, -0.05) is 18.2 Å². The fraction of sp³-hybridized carbons (Fsp3) is 0.136. The number of anilines is 3. The molecule has 0 spiro atoms. The SMILES string of the molecule is CNc1nc(NCc2cccnc2)c(C#N)c(-c2ccc(NC(C)=O)cc2)c1C#N. The van der Waals surface area contributed by atoms with Crippen LogP contribution in [0.25, 0.3) is 11.1 Å². The van der Waals surface area contributed by atoms with Gasteiger partial charge in [0, 0.05) is 44.2 Å². The minimum atomic E-state index is -0.179. The Labute approximate surface area is 174 Å². The van der Waals surface area contributed by atoms with Crippen molar-refractivity contribution in [3.8, 4) is 23.3 Å². The molecule has 0 saturated carbocycles. The number of benzene rings is 1. The number of nitriles is 2. The van der Waals surface area contributed by atoms with Crippen LogP contribution in [0.5, 0.6) is 0 Å². The third kappa shape index (κ3) is 4.34. The van der Waals surface area contributed by atoms with Gasteiger partial charge in [-0.25, -0.2) is 4.98 Å². The topological polar surface area (TPSA) is 127 Å². The van der Waals surface area contributed by atoms with Crippen molar-refractivity contribution in [2.24, 2.45) is 0 Å². The highest BCUT2D eigenvalue weighted by atomic mass is 16.1. The summed E-state index contributed by atoms with van der Waals surface area (Å²) in [6.07, 6.45) is 3.41. The molecule has 1 amide bonds. The van der Waals surface area contributed by atoms with E-state index in [2.05, 4.69) is 38.1 Å². The second kappa shape index (κ2) is 9.18. The van der Waals surface area contributed by atoms with Crippen LogP contribution in [0, 0.1) is 22.7 Å². The highest BCUT2D eigenvalue weighted by Gasteiger charge is 2.21. The van der Waals surface area contributed by atoms with E-state index in [0.29, 0.717) is 35.0 Å². The van der Waals surface area contributed by atoms with Crippen LogP contribution in [0.3, 0.4) is 0 Å². The fourth-order valence-electron chi connectivity index (χ4n) is 3.01. The summed E-state index contributed by atoms with van der Waals surface area (Å²) in [5, 5.41) is 28.5. The van der Waals surface area contributed by atoms with Crippen LogP contribution in [-0.2, 0) is 11.3 Å². The van der Waals surface area contributed by atoms with Crippen LogP contribution in [0.4, 0.5) is 17.3 Å². The molecule has 0 radical (unpaired) electrons. The molecule has 3 aromatic rings. The van der Waals surface area contributed by atoms with Crippen LogP contribution in [0.15, 0.2) is 48.8 Å². The summed E-state index contributed by atoms with van der Waals surface area (Å²) in [5.74, 6) is 0.554. The summed E-state index contributed by atoms with van der Waals surface area (Å²) in [6.45, 7) is 1.85. The van der Waals surface area contributed by atoms with Crippen molar-refractivity contribution in [3.63, 3.8) is 0 Å². The Morgan fingerprint density at radius 2 is 1.77 bits per heavy atom. The molecule has 0 aliphatic carbocycles. The van der Waals surface area contributed by atoms with E-state index in [1.165, 1.54) is 6.92 Å². The first-order valence-corrected chi connectivity index (χ1v) is 9.14. The third-order valence-corrected chi connectivity index (χ3v) is 4.33. The van der Waals surface area contributed by atoms with Gasteiger partial charge < -0.3 is 16.0 Å². The number of nitrogens with one attached hydrogen (secondary N) is 3. The molecule has 30 heavy (non-hydrogen) atoms. The number of carbonyl (C=O) groups excluding carboxylic acids is 1. The number of pyridine rings is 2. The molecule has 0 bridgehead atoms. The average molecular weight is 397 g/mol. The quantitative estimate of drug-likeness (QED) is 0.581. The smallest absolute Gasteiger partial charge is 0.221 e. The molecule has 1 aromatic carbocycles. The zero-order valence-electron chi connectivity index (χ0n) is 16.5. The predicted molar refractivity (Wildman–Crippen MR) is 115 cm³/mol. The van der Waals surface area contributed by atoms with E-state index in [1.54, 1.807) is 43.7 Å². The number of rotatable bonds is 6. The van der Waals surface area contributed by atoms with Crippen molar-refractivity contribution in [2.45, 2.75) is 13.5 Å². The average Bonchev–Trinajstić information content (AvgIpc) is 2.77. The Kier molecular flexibility index (Phi) is 6.21. The molecule has 148 valence electrons. The fourth-order valence-corrected chi connectivity index (χ4v) is 3.01. The lowest BCUT2D eigenvalue weighted by atomic mass is 9.95. The number of amides is 1. The number of carbonyl (C=O) groups is 1. The zero-order valence-corrected chi connectivity index (χ0v) is 16.5. The van der Waals surface area contributed by atoms with Crippen LogP contribution in [0.2, 0.25) is 0 Å². The van der Waals surface area contributed by atoms with Gasteiger partial charge in [-0.2, -0.15) is 10.5 Å². The molecule has 0 aliphatic heterocycles. The van der Waals surface area contributed by atoms with Crippen LogP contribution in [0.1, 0.15) is 23.6 Å². The molecule has 3 rings (SSSR count). The normalized spacial score (nSPS) is 9.87. The number of hydrogen-bond donors (Lipinski definition) is 3. The van der Waals surface area contributed by atoms with Crippen molar-refractivity contribution in [1.29, 1.82) is 10.5 Å². The summed E-state index contributed by atoms with van der Waals surface area (Å²) in [7, 11) is 1.67. The van der Waals surface area contributed by atoms with E-state index >= 15 is 0 Å². The third-order valence-electron chi connectivity index (χ3n) is 4.33. The summed E-state index contributed by atoms with van der Waals surface area (Å²) in [6, 6.07) is 15.0. The summed E-state index contributed by atoms with van der Waals surface area (Å²) in [4.78, 5) is 19.8. The molecule has 8 heteroatoms. The molecule has 0 atom stereocenters. The maximum atomic E-state index is 11.3. The Hall–Kier alpha value is -4.43. The van der Waals surface area contributed by atoms with Crippen molar-refractivity contribution in [2.75, 3.05) is 23.0 Å². The molecule has 3 N–H and O–H groups in total.